The van der Waals surface area contributed by atoms with E-state index in [2.05, 4.69) is 5.32 Å². The maximum atomic E-state index is 13.3. The number of hydrogen-bond acceptors (Lipinski definition) is 5. The summed E-state index contributed by atoms with van der Waals surface area (Å²) in [6.07, 6.45) is 3.53. The summed E-state index contributed by atoms with van der Waals surface area (Å²) < 4.78 is 33.6. The number of fused-ring (bicyclic) bond motifs is 1. The van der Waals surface area contributed by atoms with Gasteiger partial charge in [0.2, 0.25) is 0 Å². The van der Waals surface area contributed by atoms with Crippen LogP contribution in [0.1, 0.15) is 12.0 Å². The molecule has 0 saturated heterocycles. The molecule has 4 rings (SSSR count). The van der Waals surface area contributed by atoms with Gasteiger partial charge in [0.05, 0.1) is 21.3 Å². The van der Waals surface area contributed by atoms with E-state index in [0.717, 1.165) is 23.3 Å². The van der Waals surface area contributed by atoms with Crippen LogP contribution in [-0.4, -0.2) is 33.7 Å². The van der Waals surface area contributed by atoms with E-state index in [1.807, 2.05) is 54.8 Å². The van der Waals surface area contributed by atoms with Crippen LogP contribution in [-0.2, 0) is 21.2 Å². The molecular weight excluding hydrogens is 480 g/mol. The molecule has 1 aliphatic rings. The molecule has 6 nitrogen and oxygen atoms in total. The van der Waals surface area contributed by atoms with E-state index in [4.69, 9.17) is 16.3 Å². The Morgan fingerprint density at radius 1 is 1.12 bits per heavy atom. The number of anilines is 2. The maximum absolute atomic E-state index is 13.3. The van der Waals surface area contributed by atoms with Gasteiger partial charge in [-0.05, 0) is 61.1 Å². The zero-order valence-corrected chi connectivity index (χ0v) is 20.3. The van der Waals surface area contributed by atoms with Crippen molar-refractivity contribution in [3.63, 3.8) is 0 Å². The van der Waals surface area contributed by atoms with Crippen LogP contribution < -0.4 is 14.4 Å². The van der Waals surface area contributed by atoms with Crippen molar-refractivity contribution in [1.82, 2.24) is 0 Å². The molecule has 0 aliphatic carbocycles. The summed E-state index contributed by atoms with van der Waals surface area (Å²) in [4.78, 5) is 13.3. The number of hydrogen-bond donors (Lipinski definition) is 1. The van der Waals surface area contributed by atoms with E-state index >= 15 is 0 Å². The van der Waals surface area contributed by atoms with Gasteiger partial charge in [0.25, 0.3) is 15.9 Å². The highest BCUT2D eigenvalue weighted by Gasteiger charge is 2.29. The molecule has 1 heterocycles. The SMILES string of the molecule is CSc1ccccc1NC(=O)COc1ccc(S(=O)(=O)N2CCCc3ccccc32)cc1Cl. The minimum atomic E-state index is -3.78. The number of sulfonamides is 1. The maximum Gasteiger partial charge on any atom is 0.264 e. The van der Waals surface area contributed by atoms with E-state index in [-0.39, 0.29) is 28.2 Å². The summed E-state index contributed by atoms with van der Waals surface area (Å²) in [6.45, 7) is 0.154. The van der Waals surface area contributed by atoms with Crippen LogP contribution in [0.2, 0.25) is 5.02 Å². The van der Waals surface area contributed by atoms with Gasteiger partial charge in [0.15, 0.2) is 6.61 Å². The molecule has 1 aliphatic heterocycles. The lowest BCUT2D eigenvalue weighted by Gasteiger charge is -2.30. The van der Waals surface area contributed by atoms with Crippen LogP contribution in [0, 0.1) is 0 Å². The summed E-state index contributed by atoms with van der Waals surface area (Å²) in [5.74, 6) is -0.0999. The number of rotatable bonds is 7. The molecule has 3 aromatic rings. The van der Waals surface area contributed by atoms with Gasteiger partial charge in [0, 0.05) is 11.4 Å². The first-order valence-electron chi connectivity index (χ1n) is 10.4. The Kier molecular flexibility index (Phi) is 7.17. The van der Waals surface area contributed by atoms with Gasteiger partial charge in [-0.15, -0.1) is 11.8 Å². The molecule has 1 amide bonds. The van der Waals surface area contributed by atoms with E-state index in [0.29, 0.717) is 17.9 Å². The lowest BCUT2D eigenvalue weighted by Crippen LogP contribution is -2.35. The molecular formula is C24H23ClN2O4S2. The largest absolute Gasteiger partial charge is 0.482 e. The fraction of sp³-hybridized carbons (Fsp3) is 0.208. The van der Waals surface area contributed by atoms with Gasteiger partial charge >= 0.3 is 0 Å². The van der Waals surface area contributed by atoms with Gasteiger partial charge in [0.1, 0.15) is 5.75 Å². The molecule has 0 aromatic heterocycles. The van der Waals surface area contributed by atoms with Crippen LogP contribution in [0.5, 0.6) is 5.75 Å². The van der Waals surface area contributed by atoms with Crippen molar-refractivity contribution in [1.29, 1.82) is 0 Å². The third-order valence-electron chi connectivity index (χ3n) is 5.30. The molecule has 172 valence electrons. The summed E-state index contributed by atoms with van der Waals surface area (Å²) >= 11 is 7.85. The normalized spacial score (nSPS) is 13.3. The average Bonchev–Trinajstić information content (AvgIpc) is 2.83. The minimum Gasteiger partial charge on any atom is -0.482 e. The Morgan fingerprint density at radius 3 is 2.67 bits per heavy atom. The molecule has 0 saturated carbocycles. The predicted octanol–water partition coefficient (Wildman–Crippen LogP) is 5.22. The van der Waals surface area contributed by atoms with Crippen LogP contribution in [0.4, 0.5) is 11.4 Å². The Balaban J connectivity index is 1.47. The molecule has 3 aromatic carbocycles. The second-order valence-electron chi connectivity index (χ2n) is 7.44. The van der Waals surface area contributed by atoms with Gasteiger partial charge in [-0.2, -0.15) is 0 Å². The van der Waals surface area contributed by atoms with Gasteiger partial charge in [-0.1, -0.05) is 41.9 Å². The highest BCUT2D eigenvalue weighted by Crippen LogP contribution is 2.34. The first-order chi connectivity index (χ1) is 15.9. The molecule has 0 fully saturated rings. The molecule has 0 bridgehead atoms. The number of halogens is 1. The zero-order valence-electron chi connectivity index (χ0n) is 18.0. The van der Waals surface area contributed by atoms with Crippen molar-refractivity contribution in [2.45, 2.75) is 22.6 Å². The second kappa shape index (κ2) is 10.1. The van der Waals surface area contributed by atoms with Gasteiger partial charge in [-0.3, -0.25) is 9.10 Å². The van der Waals surface area contributed by atoms with Crippen molar-refractivity contribution in [3.05, 3.63) is 77.3 Å². The number of nitrogens with one attached hydrogen (secondary N) is 1. The lowest BCUT2D eigenvalue weighted by atomic mass is 10.0. The lowest BCUT2D eigenvalue weighted by molar-refractivity contribution is -0.118. The van der Waals surface area contributed by atoms with E-state index in [1.54, 1.807) is 0 Å². The Morgan fingerprint density at radius 2 is 1.88 bits per heavy atom. The number of ether oxygens (including phenoxy) is 1. The molecule has 0 spiro atoms. The summed E-state index contributed by atoms with van der Waals surface area (Å²) in [6, 6.07) is 19.3. The van der Waals surface area contributed by atoms with Gasteiger partial charge < -0.3 is 10.1 Å². The third kappa shape index (κ3) is 5.13. The Labute approximate surface area is 203 Å². The Hall–Kier alpha value is -2.68. The third-order valence-corrected chi connectivity index (χ3v) is 8.20. The summed E-state index contributed by atoms with van der Waals surface area (Å²) in [7, 11) is -3.78. The topological polar surface area (TPSA) is 75.7 Å². The summed E-state index contributed by atoms with van der Waals surface area (Å²) in [5.41, 5.74) is 2.41. The molecule has 0 atom stereocenters. The fourth-order valence-corrected chi connectivity index (χ4v) is 6.13. The van der Waals surface area contributed by atoms with E-state index in [9.17, 15) is 13.2 Å². The summed E-state index contributed by atoms with van der Waals surface area (Å²) in [5, 5.41) is 2.93. The van der Waals surface area contributed by atoms with Gasteiger partial charge in [-0.25, -0.2) is 8.42 Å². The number of benzene rings is 3. The molecule has 1 N–H and O–H groups in total. The number of nitrogens with zero attached hydrogens (tertiary/aromatic N) is 1. The van der Waals surface area contributed by atoms with Crippen molar-refractivity contribution in [2.24, 2.45) is 0 Å². The predicted molar refractivity (Wildman–Crippen MR) is 133 cm³/mol. The number of para-hydroxylation sites is 2. The molecule has 9 heteroatoms. The fourth-order valence-electron chi connectivity index (χ4n) is 3.71. The first kappa shape index (κ1) is 23.5. The minimum absolute atomic E-state index is 0.0786. The monoisotopic (exact) mass is 502 g/mol. The van der Waals surface area contributed by atoms with Crippen molar-refractivity contribution in [2.75, 3.05) is 29.0 Å². The quantitative estimate of drug-likeness (QED) is 0.448. The van der Waals surface area contributed by atoms with E-state index in [1.165, 1.54) is 34.3 Å². The molecule has 0 radical (unpaired) electrons. The van der Waals surface area contributed by atoms with Crippen LogP contribution in [0.15, 0.2) is 76.5 Å². The zero-order chi connectivity index (χ0) is 23.4. The smallest absolute Gasteiger partial charge is 0.264 e. The molecule has 33 heavy (non-hydrogen) atoms. The van der Waals surface area contributed by atoms with Crippen LogP contribution in [0.25, 0.3) is 0 Å². The highest BCUT2D eigenvalue weighted by molar-refractivity contribution is 7.98. The Bertz CT molecular complexity index is 1280. The number of carbonyl (C=O) groups excluding carboxylic acids is 1. The van der Waals surface area contributed by atoms with E-state index < -0.39 is 10.0 Å². The molecule has 0 unspecified atom stereocenters. The number of carbonyl (C=O) groups is 1. The standard InChI is InChI=1S/C24H23ClN2O4S2/c1-32-23-11-5-3-9-20(23)26-24(28)16-31-22-13-12-18(15-19(22)25)33(29,30)27-14-6-8-17-7-2-4-10-21(17)27/h2-5,7,9-13,15H,6,8,14,16H2,1H3,(H,26,28). The second-order valence-corrected chi connectivity index (χ2v) is 10.6. The van der Waals surface area contributed by atoms with Crippen LogP contribution >= 0.6 is 23.4 Å². The average molecular weight is 503 g/mol. The van der Waals surface area contributed by atoms with Crippen molar-refractivity contribution in [3.8, 4) is 5.75 Å². The van der Waals surface area contributed by atoms with Crippen molar-refractivity contribution < 1.29 is 17.9 Å². The van der Waals surface area contributed by atoms with Crippen LogP contribution in [0.3, 0.4) is 0 Å². The number of aryl methyl sites for hydroxylation is 1. The number of amides is 1. The first-order valence-corrected chi connectivity index (χ1v) is 13.4. The highest BCUT2D eigenvalue weighted by atomic mass is 35.5. The van der Waals surface area contributed by atoms with Crippen molar-refractivity contribution >= 4 is 50.7 Å². The number of thioether (sulfide) groups is 1.